The van der Waals surface area contributed by atoms with Gasteiger partial charge in [0, 0.05) is 5.92 Å². The van der Waals surface area contributed by atoms with Gasteiger partial charge in [0.1, 0.15) is 6.10 Å². The zero-order valence-electron chi connectivity index (χ0n) is 12.7. The number of hydrogen-bond acceptors (Lipinski definition) is 5. The molecular formula is C16H21N3O2. The van der Waals surface area contributed by atoms with Gasteiger partial charge >= 0.3 is 6.01 Å². The highest BCUT2D eigenvalue weighted by atomic mass is 16.5. The minimum Gasteiger partial charge on any atom is -0.370 e. The Morgan fingerprint density at radius 2 is 2.00 bits per heavy atom. The van der Waals surface area contributed by atoms with Crippen LogP contribution in [0.25, 0.3) is 0 Å². The molecule has 1 saturated heterocycles. The molecule has 1 aliphatic rings. The van der Waals surface area contributed by atoms with Crippen LogP contribution in [0.3, 0.4) is 0 Å². The van der Waals surface area contributed by atoms with Crippen LogP contribution in [0.1, 0.15) is 44.2 Å². The monoisotopic (exact) mass is 287 g/mol. The Labute approximate surface area is 124 Å². The number of hydrogen-bond donors (Lipinski definition) is 0. The van der Waals surface area contributed by atoms with Gasteiger partial charge in [-0.3, -0.25) is 0 Å². The maximum Gasteiger partial charge on any atom is 0.324 e. The molecule has 1 fully saturated rings. The van der Waals surface area contributed by atoms with Crippen molar-refractivity contribution in [1.29, 1.82) is 0 Å². The Kier molecular flexibility index (Phi) is 3.92. The predicted molar refractivity (Wildman–Crippen MR) is 80.3 cm³/mol. The molecule has 1 aromatic carbocycles. The number of anilines is 1. The number of rotatable bonds is 3. The first kappa shape index (κ1) is 14.1. The van der Waals surface area contributed by atoms with Crippen molar-refractivity contribution < 1.29 is 9.26 Å². The first-order valence-electron chi connectivity index (χ1n) is 7.42. The molecule has 0 bridgehead atoms. The van der Waals surface area contributed by atoms with Gasteiger partial charge in [0.15, 0.2) is 5.82 Å². The Bertz CT molecular complexity index is 582. The molecule has 5 heteroatoms. The molecule has 112 valence electrons. The van der Waals surface area contributed by atoms with Gasteiger partial charge in [-0.25, -0.2) is 0 Å². The Balaban J connectivity index is 1.80. The fourth-order valence-corrected chi connectivity index (χ4v) is 2.47. The Hall–Kier alpha value is -1.88. The van der Waals surface area contributed by atoms with E-state index in [9.17, 15) is 0 Å². The van der Waals surface area contributed by atoms with Crippen LogP contribution in [-0.4, -0.2) is 29.3 Å². The summed E-state index contributed by atoms with van der Waals surface area (Å²) in [6, 6.07) is 11.1. The van der Waals surface area contributed by atoms with Gasteiger partial charge in [0.05, 0.1) is 19.2 Å². The van der Waals surface area contributed by atoms with E-state index in [1.54, 1.807) is 0 Å². The molecule has 0 radical (unpaired) electrons. The highest BCUT2D eigenvalue weighted by molar-refractivity contribution is 5.31. The molecule has 0 amide bonds. The van der Waals surface area contributed by atoms with Gasteiger partial charge in [-0.15, -0.1) is 0 Å². The SMILES string of the molecule is CC(C)c1noc(N2CC(c3ccccc3)OCC2C)n1. The maximum absolute atomic E-state index is 5.95. The molecule has 1 aliphatic heterocycles. The second-order valence-electron chi connectivity index (χ2n) is 5.82. The third-order valence-corrected chi connectivity index (χ3v) is 3.80. The van der Waals surface area contributed by atoms with Crippen molar-refractivity contribution in [1.82, 2.24) is 10.1 Å². The quantitative estimate of drug-likeness (QED) is 0.868. The second-order valence-corrected chi connectivity index (χ2v) is 5.82. The van der Waals surface area contributed by atoms with Crippen LogP contribution >= 0.6 is 0 Å². The summed E-state index contributed by atoms with van der Waals surface area (Å²) in [5.74, 6) is 1.02. The third kappa shape index (κ3) is 2.93. The van der Waals surface area contributed by atoms with Crippen molar-refractivity contribution in [2.75, 3.05) is 18.1 Å². The van der Waals surface area contributed by atoms with Crippen LogP contribution in [-0.2, 0) is 4.74 Å². The second kappa shape index (κ2) is 5.85. The summed E-state index contributed by atoms with van der Waals surface area (Å²) < 4.78 is 11.4. The molecule has 3 rings (SSSR count). The molecule has 0 aliphatic carbocycles. The van der Waals surface area contributed by atoms with E-state index in [0.29, 0.717) is 12.6 Å². The molecule has 0 N–H and O–H groups in total. The minimum atomic E-state index is 0.0387. The van der Waals surface area contributed by atoms with Crippen molar-refractivity contribution >= 4 is 6.01 Å². The van der Waals surface area contributed by atoms with Crippen LogP contribution in [0.4, 0.5) is 6.01 Å². The summed E-state index contributed by atoms with van der Waals surface area (Å²) in [7, 11) is 0. The molecule has 2 unspecified atom stereocenters. The number of ether oxygens (including phenoxy) is 1. The lowest BCUT2D eigenvalue weighted by Gasteiger charge is -2.36. The summed E-state index contributed by atoms with van der Waals surface area (Å²) in [5, 5.41) is 4.05. The number of nitrogens with zero attached hydrogens (tertiary/aromatic N) is 3. The molecule has 2 heterocycles. The molecule has 1 aromatic heterocycles. The van der Waals surface area contributed by atoms with E-state index in [-0.39, 0.29) is 18.1 Å². The largest absolute Gasteiger partial charge is 0.370 e. The summed E-state index contributed by atoms with van der Waals surface area (Å²) in [6.07, 6.45) is 0.0387. The molecular weight excluding hydrogens is 266 g/mol. The van der Waals surface area contributed by atoms with Gasteiger partial charge in [0.2, 0.25) is 0 Å². The van der Waals surface area contributed by atoms with Crippen molar-refractivity contribution in [3.8, 4) is 0 Å². The predicted octanol–water partition coefficient (Wildman–Crippen LogP) is 3.16. The van der Waals surface area contributed by atoms with Gasteiger partial charge in [-0.1, -0.05) is 49.3 Å². The van der Waals surface area contributed by atoms with Crippen molar-refractivity contribution in [2.24, 2.45) is 0 Å². The standard InChI is InChI=1S/C16H21N3O2/c1-11(2)15-17-16(21-18-15)19-9-14(20-10-12(19)3)13-7-5-4-6-8-13/h4-8,11-12,14H,9-10H2,1-3H3. The number of aromatic nitrogens is 2. The highest BCUT2D eigenvalue weighted by Gasteiger charge is 2.30. The van der Waals surface area contributed by atoms with E-state index < -0.39 is 0 Å². The normalized spacial score (nSPS) is 22.8. The molecule has 0 saturated carbocycles. The number of morpholine rings is 1. The van der Waals surface area contributed by atoms with Crippen LogP contribution in [0.15, 0.2) is 34.9 Å². The van der Waals surface area contributed by atoms with E-state index in [4.69, 9.17) is 9.26 Å². The lowest BCUT2D eigenvalue weighted by Crippen LogP contribution is -2.45. The molecule has 21 heavy (non-hydrogen) atoms. The first-order valence-corrected chi connectivity index (χ1v) is 7.42. The minimum absolute atomic E-state index is 0.0387. The van der Waals surface area contributed by atoms with E-state index in [1.165, 1.54) is 5.56 Å². The van der Waals surface area contributed by atoms with Crippen LogP contribution in [0.2, 0.25) is 0 Å². The maximum atomic E-state index is 5.95. The molecule has 0 spiro atoms. The van der Waals surface area contributed by atoms with Gasteiger partial charge in [0.25, 0.3) is 0 Å². The topological polar surface area (TPSA) is 51.4 Å². The average Bonchev–Trinajstić information content (AvgIpc) is 2.98. The third-order valence-electron chi connectivity index (χ3n) is 3.80. The van der Waals surface area contributed by atoms with Crippen LogP contribution in [0, 0.1) is 0 Å². The average molecular weight is 287 g/mol. The fraction of sp³-hybridized carbons (Fsp3) is 0.500. The van der Waals surface area contributed by atoms with E-state index in [1.807, 2.05) is 18.2 Å². The smallest absolute Gasteiger partial charge is 0.324 e. The zero-order valence-corrected chi connectivity index (χ0v) is 12.7. The van der Waals surface area contributed by atoms with Crippen molar-refractivity contribution in [3.63, 3.8) is 0 Å². The van der Waals surface area contributed by atoms with Gasteiger partial charge in [-0.05, 0) is 12.5 Å². The lowest BCUT2D eigenvalue weighted by atomic mass is 10.1. The van der Waals surface area contributed by atoms with Crippen LogP contribution < -0.4 is 4.90 Å². The number of benzene rings is 1. The lowest BCUT2D eigenvalue weighted by molar-refractivity contribution is 0.0191. The van der Waals surface area contributed by atoms with E-state index >= 15 is 0 Å². The first-order chi connectivity index (χ1) is 10.1. The molecule has 5 nitrogen and oxygen atoms in total. The van der Waals surface area contributed by atoms with E-state index in [0.717, 1.165) is 12.4 Å². The summed E-state index contributed by atoms with van der Waals surface area (Å²) in [6.45, 7) is 7.61. The fourth-order valence-electron chi connectivity index (χ4n) is 2.47. The summed E-state index contributed by atoms with van der Waals surface area (Å²) in [5.41, 5.74) is 1.18. The summed E-state index contributed by atoms with van der Waals surface area (Å²) in [4.78, 5) is 6.64. The van der Waals surface area contributed by atoms with Gasteiger partial charge < -0.3 is 14.2 Å². The zero-order chi connectivity index (χ0) is 14.8. The highest BCUT2D eigenvalue weighted by Crippen LogP contribution is 2.28. The Morgan fingerprint density at radius 1 is 1.24 bits per heavy atom. The molecule has 2 aromatic rings. The van der Waals surface area contributed by atoms with Gasteiger partial charge in [-0.2, -0.15) is 4.98 Å². The Morgan fingerprint density at radius 3 is 2.67 bits per heavy atom. The van der Waals surface area contributed by atoms with E-state index in [2.05, 4.69) is 47.9 Å². The van der Waals surface area contributed by atoms with Crippen molar-refractivity contribution in [3.05, 3.63) is 41.7 Å². The molecule has 2 atom stereocenters. The van der Waals surface area contributed by atoms with Crippen LogP contribution in [0.5, 0.6) is 0 Å². The van der Waals surface area contributed by atoms with Crippen molar-refractivity contribution in [2.45, 2.75) is 38.8 Å². The summed E-state index contributed by atoms with van der Waals surface area (Å²) >= 11 is 0.